The summed E-state index contributed by atoms with van der Waals surface area (Å²) in [6.45, 7) is 0. The zero-order valence-electron chi connectivity index (χ0n) is 12.2. The Morgan fingerprint density at radius 3 is 2.61 bits per heavy atom. The molecule has 0 saturated heterocycles. The minimum atomic E-state index is -4.31. The van der Waals surface area contributed by atoms with E-state index in [4.69, 9.17) is 0 Å². The van der Waals surface area contributed by atoms with Crippen LogP contribution in [0, 0.1) is 5.92 Å². The van der Waals surface area contributed by atoms with Gasteiger partial charge in [-0.3, -0.25) is 4.98 Å². The Morgan fingerprint density at radius 2 is 1.87 bits per heavy atom. The fourth-order valence-electron chi connectivity index (χ4n) is 3.67. The zero-order valence-corrected chi connectivity index (χ0v) is 12.2. The van der Waals surface area contributed by atoms with Crippen LogP contribution in [0.2, 0.25) is 0 Å². The lowest BCUT2D eigenvalue weighted by Crippen LogP contribution is -2.29. The molecule has 2 nitrogen and oxygen atoms in total. The van der Waals surface area contributed by atoms with Gasteiger partial charge in [0.25, 0.3) is 0 Å². The van der Waals surface area contributed by atoms with Gasteiger partial charge in [0.05, 0.1) is 11.6 Å². The van der Waals surface area contributed by atoms with E-state index < -0.39 is 11.7 Å². The third-order valence-electron chi connectivity index (χ3n) is 4.76. The summed E-state index contributed by atoms with van der Waals surface area (Å²) in [5, 5.41) is 3.43. The Labute approximate surface area is 132 Å². The van der Waals surface area contributed by atoms with Crippen molar-refractivity contribution < 1.29 is 13.2 Å². The quantitative estimate of drug-likeness (QED) is 0.755. The molecule has 0 fully saturated rings. The molecule has 4 rings (SSSR count). The number of aromatic nitrogens is 1. The third-order valence-corrected chi connectivity index (χ3v) is 4.76. The number of anilines is 1. The van der Waals surface area contributed by atoms with Gasteiger partial charge >= 0.3 is 6.18 Å². The number of fused-ring (bicyclic) bond motifs is 3. The Hall–Kier alpha value is -2.30. The first-order valence-electron chi connectivity index (χ1n) is 7.58. The van der Waals surface area contributed by atoms with Crippen LogP contribution in [-0.2, 0) is 6.18 Å². The van der Waals surface area contributed by atoms with Crippen molar-refractivity contribution in [2.45, 2.75) is 24.6 Å². The highest BCUT2D eigenvalue weighted by atomic mass is 19.4. The molecule has 118 valence electrons. The molecule has 1 aliphatic heterocycles. The largest absolute Gasteiger partial charge is 0.416 e. The fourth-order valence-corrected chi connectivity index (χ4v) is 3.67. The summed E-state index contributed by atoms with van der Waals surface area (Å²) in [5.74, 6) is 0.250. The molecule has 0 spiro atoms. The molecule has 2 aromatic rings. The van der Waals surface area contributed by atoms with E-state index in [-0.39, 0.29) is 17.9 Å². The maximum absolute atomic E-state index is 13.0. The van der Waals surface area contributed by atoms with E-state index >= 15 is 0 Å². The van der Waals surface area contributed by atoms with Crippen molar-refractivity contribution in [1.29, 1.82) is 0 Å². The van der Waals surface area contributed by atoms with E-state index in [0.29, 0.717) is 0 Å². The lowest BCUT2D eigenvalue weighted by molar-refractivity contribution is -0.137. The van der Waals surface area contributed by atoms with E-state index in [1.165, 1.54) is 6.07 Å². The summed E-state index contributed by atoms with van der Waals surface area (Å²) < 4.78 is 39.0. The number of nitrogens with one attached hydrogen (secondary N) is 1. The van der Waals surface area contributed by atoms with Crippen LogP contribution in [0.4, 0.5) is 18.9 Å². The molecule has 0 amide bonds. The SMILES string of the molecule is FC(F)(F)c1ccc2c(c1)[C@H]1C=CC[C@@H]1[C@@H](c1ccncc1)N2. The molecular weight excluding hydrogens is 301 g/mol. The predicted molar refractivity (Wildman–Crippen MR) is 82.0 cm³/mol. The molecule has 3 atom stereocenters. The van der Waals surface area contributed by atoms with Gasteiger partial charge in [-0.2, -0.15) is 13.2 Å². The van der Waals surface area contributed by atoms with Crippen molar-refractivity contribution in [2.24, 2.45) is 5.92 Å². The summed E-state index contributed by atoms with van der Waals surface area (Å²) in [7, 11) is 0. The van der Waals surface area contributed by atoms with Crippen LogP contribution in [0.1, 0.15) is 35.1 Å². The molecular formula is C18H15F3N2. The smallest absolute Gasteiger partial charge is 0.378 e. The molecule has 5 heteroatoms. The highest BCUT2D eigenvalue weighted by Crippen LogP contribution is 2.50. The molecule has 2 heterocycles. The Morgan fingerprint density at radius 1 is 1.09 bits per heavy atom. The van der Waals surface area contributed by atoms with Gasteiger partial charge in [0, 0.05) is 24.0 Å². The van der Waals surface area contributed by atoms with Crippen LogP contribution in [0.25, 0.3) is 0 Å². The van der Waals surface area contributed by atoms with Crippen molar-refractivity contribution in [1.82, 2.24) is 4.98 Å². The fraction of sp³-hybridized carbons (Fsp3) is 0.278. The van der Waals surface area contributed by atoms with Crippen LogP contribution in [0.3, 0.4) is 0 Å². The first kappa shape index (κ1) is 14.3. The van der Waals surface area contributed by atoms with Gasteiger partial charge < -0.3 is 5.32 Å². The van der Waals surface area contributed by atoms with Gasteiger partial charge in [0.15, 0.2) is 0 Å². The molecule has 23 heavy (non-hydrogen) atoms. The van der Waals surface area contributed by atoms with Gasteiger partial charge in [-0.15, -0.1) is 0 Å². The second kappa shape index (κ2) is 5.11. The molecule has 0 saturated carbocycles. The zero-order chi connectivity index (χ0) is 16.0. The number of rotatable bonds is 1. The number of halogens is 3. The van der Waals surface area contributed by atoms with Crippen LogP contribution < -0.4 is 5.32 Å². The van der Waals surface area contributed by atoms with Crippen molar-refractivity contribution in [3.8, 4) is 0 Å². The number of alkyl halides is 3. The first-order chi connectivity index (χ1) is 11.0. The minimum absolute atomic E-state index is 0.0201. The number of hydrogen-bond donors (Lipinski definition) is 1. The average Bonchev–Trinajstić information content (AvgIpc) is 3.03. The number of benzene rings is 1. The standard InChI is InChI=1S/C18H15F3N2/c19-18(20,21)12-4-5-16-15(10-12)13-2-1-3-14(13)17(23-16)11-6-8-22-9-7-11/h1-2,4-10,13-14,17,23H,3H2/t13-,14-,17+/m0/s1. The van der Waals surface area contributed by atoms with Crippen LogP contribution in [0.15, 0.2) is 54.9 Å². The molecule has 0 unspecified atom stereocenters. The van der Waals surface area contributed by atoms with Gasteiger partial charge in [0.2, 0.25) is 0 Å². The lowest BCUT2D eigenvalue weighted by atomic mass is 9.77. The molecule has 1 aromatic heterocycles. The number of pyridine rings is 1. The van der Waals surface area contributed by atoms with Crippen LogP contribution >= 0.6 is 0 Å². The van der Waals surface area contributed by atoms with Crippen LogP contribution in [0.5, 0.6) is 0 Å². The number of nitrogens with zero attached hydrogens (tertiary/aromatic N) is 1. The number of allylic oxidation sites excluding steroid dienone is 2. The lowest BCUT2D eigenvalue weighted by Gasteiger charge is -2.37. The highest BCUT2D eigenvalue weighted by Gasteiger charge is 2.39. The molecule has 0 radical (unpaired) electrons. The monoisotopic (exact) mass is 316 g/mol. The molecule has 1 aromatic carbocycles. The van der Waals surface area contributed by atoms with E-state index in [0.717, 1.165) is 29.3 Å². The van der Waals surface area contributed by atoms with Crippen molar-refractivity contribution in [3.05, 3.63) is 71.6 Å². The molecule has 1 aliphatic carbocycles. The van der Waals surface area contributed by atoms with Crippen molar-refractivity contribution >= 4 is 5.69 Å². The van der Waals surface area contributed by atoms with Crippen molar-refractivity contribution in [3.63, 3.8) is 0 Å². The summed E-state index contributed by atoms with van der Waals surface area (Å²) >= 11 is 0. The first-order valence-corrected chi connectivity index (χ1v) is 7.58. The average molecular weight is 316 g/mol. The van der Waals surface area contributed by atoms with E-state index in [1.807, 2.05) is 18.2 Å². The molecule has 2 aliphatic rings. The summed E-state index contributed by atoms with van der Waals surface area (Å²) in [6.07, 6.45) is 4.15. The van der Waals surface area contributed by atoms with Crippen molar-refractivity contribution in [2.75, 3.05) is 5.32 Å². The number of hydrogen-bond acceptors (Lipinski definition) is 2. The molecule has 0 bridgehead atoms. The minimum Gasteiger partial charge on any atom is -0.378 e. The van der Waals surface area contributed by atoms with Gasteiger partial charge in [-0.05, 0) is 53.8 Å². The summed E-state index contributed by atoms with van der Waals surface area (Å²) in [5.41, 5.74) is 2.06. The van der Waals surface area contributed by atoms with Crippen LogP contribution in [-0.4, -0.2) is 4.98 Å². The second-order valence-corrected chi connectivity index (χ2v) is 6.06. The van der Waals surface area contributed by atoms with E-state index in [2.05, 4.69) is 16.4 Å². The van der Waals surface area contributed by atoms with E-state index in [9.17, 15) is 13.2 Å². The summed E-state index contributed by atoms with van der Waals surface area (Å²) in [4.78, 5) is 4.04. The highest BCUT2D eigenvalue weighted by molar-refractivity contribution is 5.61. The Balaban J connectivity index is 1.78. The second-order valence-electron chi connectivity index (χ2n) is 6.06. The predicted octanol–water partition coefficient (Wildman–Crippen LogP) is 4.93. The molecule has 1 N–H and O–H groups in total. The van der Waals surface area contributed by atoms with E-state index in [1.54, 1.807) is 18.5 Å². The maximum Gasteiger partial charge on any atom is 0.416 e. The Bertz CT molecular complexity index is 753. The Kier molecular flexibility index (Phi) is 3.18. The van der Waals surface area contributed by atoms with Gasteiger partial charge in [-0.25, -0.2) is 0 Å². The normalized spacial score (nSPS) is 25.6. The third kappa shape index (κ3) is 2.40. The summed E-state index contributed by atoms with van der Waals surface area (Å²) in [6, 6.07) is 7.99. The van der Waals surface area contributed by atoms with Gasteiger partial charge in [0.1, 0.15) is 0 Å². The van der Waals surface area contributed by atoms with Gasteiger partial charge in [-0.1, -0.05) is 12.2 Å². The topological polar surface area (TPSA) is 24.9 Å². The maximum atomic E-state index is 13.0.